The van der Waals surface area contributed by atoms with Crippen molar-refractivity contribution in [2.75, 3.05) is 5.32 Å². The molecule has 3 aromatic rings. The molecule has 3 rings (SSSR count). The molecule has 0 spiro atoms. The van der Waals surface area contributed by atoms with Gasteiger partial charge in [0.15, 0.2) is 5.82 Å². The number of nitrogens with zero attached hydrogens (tertiary/aromatic N) is 2. The van der Waals surface area contributed by atoms with E-state index in [4.69, 9.17) is 5.73 Å². The fourth-order valence-corrected chi connectivity index (χ4v) is 3.23. The number of primary amides is 1. The molecule has 4 N–H and O–H groups in total. The van der Waals surface area contributed by atoms with Crippen LogP contribution in [0.5, 0.6) is 0 Å². The van der Waals surface area contributed by atoms with E-state index in [-0.39, 0.29) is 5.41 Å². The minimum absolute atomic E-state index is 0.0165. The lowest BCUT2D eigenvalue weighted by Crippen LogP contribution is -2.11. The third-order valence-corrected chi connectivity index (χ3v) is 4.86. The number of benzene rings is 1. The number of aromatic amines is 1. The summed E-state index contributed by atoms with van der Waals surface area (Å²) in [4.78, 5) is 17.5. The van der Waals surface area contributed by atoms with Crippen LogP contribution in [-0.4, -0.2) is 21.1 Å². The molecule has 7 heteroatoms. The van der Waals surface area contributed by atoms with E-state index < -0.39 is 5.91 Å². The van der Waals surface area contributed by atoms with Gasteiger partial charge in [-0.1, -0.05) is 32.5 Å². The van der Waals surface area contributed by atoms with Crippen molar-refractivity contribution in [2.24, 2.45) is 5.73 Å². The minimum Gasteiger partial charge on any atom is -0.366 e. The van der Waals surface area contributed by atoms with Gasteiger partial charge in [-0.05, 0) is 30.3 Å². The number of pyridine rings is 1. The van der Waals surface area contributed by atoms with Crippen molar-refractivity contribution in [2.45, 2.75) is 36.0 Å². The topological polar surface area (TPSA) is 96.7 Å². The second-order valence-corrected chi connectivity index (χ2v) is 8.02. The van der Waals surface area contributed by atoms with Gasteiger partial charge in [-0.3, -0.25) is 14.9 Å². The Morgan fingerprint density at radius 1 is 1.15 bits per heavy atom. The predicted octanol–water partition coefficient (Wildman–Crippen LogP) is 4.10. The molecule has 26 heavy (non-hydrogen) atoms. The fourth-order valence-electron chi connectivity index (χ4n) is 2.30. The number of H-pyrrole nitrogens is 1. The highest BCUT2D eigenvalue weighted by Crippen LogP contribution is 2.35. The third-order valence-electron chi connectivity index (χ3n) is 3.79. The monoisotopic (exact) mass is 367 g/mol. The summed E-state index contributed by atoms with van der Waals surface area (Å²) in [7, 11) is 0. The number of anilines is 2. The summed E-state index contributed by atoms with van der Waals surface area (Å²) in [5, 5.41) is 10.7. The van der Waals surface area contributed by atoms with Gasteiger partial charge in [0.05, 0.1) is 5.69 Å². The molecule has 1 amide bonds. The van der Waals surface area contributed by atoms with E-state index in [0.29, 0.717) is 5.56 Å². The van der Waals surface area contributed by atoms with Crippen LogP contribution in [0.15, 0.2) is 58.6 Å². The van der Waals surface area contributed by atoms with Crippen LogP contribution in [0.2, 0.25) is 0 Å². The summed E-state index contributed by atoms with van der Waals surface area (Å²) < 4.78 is 0. The van der Waals surface area contributed by atoms with Gasteiger partial charge in [0, 0.05) is 44.9 Å². The quantitative estimate of drug-likeness (QED) is 0.631. The number of nitrogens with one attached hydrogen (secondary N) is 2. The standard InChI is InChI=1S/C19H21N5OS/c1-19(2,3)16-11-17(24-23-16)22-14-5-4-12(18(20)25)10-15(14)26-13-6-8-21-9-7-13/h4-11H,1-3H3,(H2,20,25)(H2,22,23,24). The maximum Gasteiger partial charge on any atom is 0.248 e. The highest BCUT2D eigenvalue weighted by molar-refractivity contribution is 7.99. The van der Waals surface area contributed by atoms with Crippen molar-refractivity contribution in [3.63, 3.8) is 0 Å². The van der Waals surface area contributed by atoms with Crippen LogP contribution in [0.25, 0.3) is 0 Å². The van der Waals surface area contributed by atoms with Crippen LogP contribution in [0.1, 0.15) is 36.8 Å². The Labute approximate surface area is 156 Å². The number of nitrogens with two attached hydrogens (primary N) is 1. The van der Waals surface area contributed by atoms with Gasteiger partial charge in [-0.15, -0.1) is 0 Å². The van der Waals surface area contributed by atoms with Crippen LogP contribution in [0.4, 0.5) is 11.5 Å². The first-order chi connectivity index (χ1) is 12.3. The summed E-state index contributed by atoms with van der Waals surface area (Å²) in [6.45, 7) is 6.37. The molecule has 2 heterocycles. The summed E-state index contributed by atoms with van der Waals surface area (Å²) in [6.07, 6.45) is 3.47. The number of carbonyl (C=O) groups is 1. The number of rotatable bonds is 5. The maximum atomic E-state index is 11.6. The van der Waals surface area contributed by atoms with E-state index in [2.05, 4.69) is 41.3 Å². The van der Waals surface area contributed by atoms with E-state index in [1.807, 2.05) is 24.3 Å². The summed E-state index contributed by atoms with van der Waals surface area (Å²) in [5.74, 6) is 0.265. The first-order valence-corrected chi connectivity index (χ1v) is 8.99. The molecule has 6 nitrogen and oxygen atoms in total. The van der Waals surface area contributed by atoms with Crippen LogP contribution < -0.4 is 11.1 Å². The van der Waals surface area contributed by atoms with Gasteiger partial charge in [-0.2, -0.15) is 5.10 Å². The molecule has 0 aliphatic heterocycles. The number of amides is 1. The average Bonchev–Trinajstić information content (AvgIpc) is 3.06. The van der Waals surface area contributed by atoms with E-state index in [1.54, 1.807) is 24.5 Å². The van der Waals surface area contributed by atoms with Gasteiger partial charge >= 0.3 is 0 Å². The normalized spacial score (nSPS) is 11.3. The van der Waals surface area contributed by atoms with Gasteiger partial charge in [0.2, 0.25) is 5.91 Å². The Hall–Kier alpha value is -2.80. The zero-order chi connectivity index (χ0) is 18.7. The Bertz CT molecular complexity index is 915. The van der Waals surface area contributed by atoms with Crippen molar-refractivity contribution in [3.8, 4) is 0 Å². The van der Waals surface area contributed by atoms with Crippen LogP contribution >= 0.6 is 11.8 Å². The van der Waals surface area contributed by atoms with Crippen molar-refractivity contribution in [1.29, 1.82) is 0 Å². The zero-order valence-corrected chi connectivity index (χ0v) is 15.7. The van der Waals surface area contributed by atoms with Crippen molar-refractivity contribution in [1.82, 2.24) is 15.2 Å². The van der Waals surface area contributed by atoms with Crippen molar-refractivity contribution >= 4 is 29.2 Å². The van der Waals surface area contributed by atoms with Crippen LogP contribution in [-0.2, 0) is 5.41 Å². The molecule has 0 saturated heterocycles. The van der Waals surface area contributed by atoms with Crippen LogP contribution in [0, 0.1) is 0 Å². The lowest BCUT2D eigenvalue weighted by atomic mass is 9.92. The molecule has 0 radical (unpaired) electrons. The van der Waals surface area contributed by atoms with Crippen LogP contribution in [0.3, 0.4) is 0 Å². The smallest absolute Gasteiger partial charge is 0.248 e. The largest absolute Gasteiger partial charge is 0.366 e. The molecular weight excluding hydrogens is 346 g/mol. The first kappa shape index (κ1) is 18.0. The third kappa shape index (κ3) is 4.23. The molecule has 0 aliphatic rings. The summed E-state index contributed by atoms with van der Waals surface area (Å²) in [5.41, 5.74) is 7.77. The summed E-state index contributed by atoms with van der Waals surface area (Å²) >= 11 is 1.53. The molecule has 0 atom stereocenters. The van der Waals surface area contributed by atoms with Gasteiger partial charge in [-0.25, -0.2) is 0 Å². The summed E-state index contributed by atoms with van der Waals surface area (Å²) in [6, 6.07) is 11.2. The Kier molecular flexibility index (Phi) is 4.99. The second kappa shape index (κ2) is 7.21. The number of carbonyl (C=O) groups excluding carboxylic acids is 1. The zero-order valence-electron chi connectivity index (χ0n) is 14.9. The molecule has 134 valence electrons. The number of hydrogen-bond donors (Lipinski definition) is 3. The molecule has 0 aliphatic carbocycles. The maximum absolute atomic E-state index is 11.6. The molecule has 0 saturated carbocycles. The molecule has 0 bridgehead atoms. The minimum atomic E-state index is -0.456. The average molecular weight is 367 g/mol. The van der Waals surface area contributed by atoms with Crippen molar-refractivity contribution < 1.29 is 4.79 Å². The van der Waals surface area contributed by atoms with Gasteiger partial charge < -0.3 is 11.1 Å². The SMILES string of the molecule is CC(C)(C)c1cc(Nc2ccc(C(N)=O)cc2Sc2ccncc2)n[nH]1. The molecule has 0 unspecified atom stereocenters. The highest BCUT2D eigenvalue weighted by atomic mass is 32.2. The fraction of sp³-hybridized carbons (Fsp3) is 0.211. The lowest BCUT2D eigenvalue weighted by Gasteiger charge is -2.14. The number of hydrogen-bond acceptors (Lipinski definition) is 5. The lowest BCUT2D eigenvalue weighted by molar-refractivity contribution is 0.1000. The molecular formula is C19H21N5OS. The molecule has 1 aromatic carbocycles. The van der Waals surface area contributed by atoms with E-state index in [9.17, 15) is 4.79 Å². The van der Waals surface area contributed by atoms with Gasteiger partial charge in [0.25, 0.3) is 0 Å². The molecule has 2 aromatic heterocycles. The van der Waals surface area contributed by atoms with E-state index in [1.165, 1.54) is 11.8 Å². The Balaban J connectivity index is 1.92. The first-order valence-electron chi connectivity index (χ1n) is 8.17. The number of aromatic nitrogens is 3. The Morgan fingerprint density at radius 3 is 2.50 bits per heavy atom. The van der Waals surface area contributed by atoms with E-state index in [0.717, 1.165) is 27.0 Å². The molecule has 0 fully saturated rings. The van der Waals surface area contributed by atoms with Gasteiger partial charge in [0.1, 0.15) is 0 Å². The van der Waals surface area contributed by atoms with E-state index >= 15 is 0 Å². The second-order valence-electron chi connectivity index (χ2n) is 6.90. The van der Waals surface area contributed by atoms with Crippen molar-refractivity contribution in [3.05, 3.63) is 60.0 Å². The predicted molar refractivity (Wildman–Crippen MR) is 104 cm³/mol. The highest BCUT2D eigenvalue weighted by Gasteiger charge is 2.17. The Morgan fingerprint density at radius 2 is 1.88 bits per heavy atom.